The van der Waals surface area contributed by atoms with Crippen molar-refractivity contribution in [2.45, 2.75) is 87.9 Å². The molecule has 2 aromatic heterocycles. The lowest BCUT2D eigenvalue weighted by Crippen LogP contribution is -2.34. The first-order valence-corrected chi connectivity index (χ1v) is 11.6. The quantitative estimate of drug-likeness (QED) is 0.666. The van der Waals surface area contributed by atoms with E-state index in [-0.39, 0.29) is 6.10 Å². The molecule has 0 radical (unpaired) electrons. The Morgan fingerprint density at radius 1 is 1.24 bits per heavy atom. The van der Waals surface area contributed by atoms with E-state index in [1.165, 1.54) is 6.33 Å². The van der Waals surface area contributed by atoms with E-state index in [2.05, 4.69) is 23.1 Å². The van der Waals surface area contributed by atoms with E-state index >= 15 is 0 Å². The van der Waals surface area contributed by atoms with Gasteiger partial charge in [0.05, 0.1) is 5.69 Å². The molecule has 4 fully saturated rings. The van der Waals surface area contributed by atoms with Gasteiger partial charge in [0.1, 0.15) is 36.2 Å². The molecule has 1 unspecified atom stereocenters. The van der Waals surface area contributed by atoms with Gasteiger partial charge < -0.3 is 29.4 Å². The Balaban J connectivity index is 1.28. The second-order valence-corrected chi connectivity index (χ2v) is 10.2. The van der Waals surface area contributed by atoms with E-state index in [9.17, 15) is 10.1 Å². The van der Waals surface area contributed by atoms with E-state index < -0.39 is 41.5 Å². The van der Waals surface area contributed by atoms with Crippen LogP contribution in [0, 0.1) is 17.2 Å². The molecule has 0 aromatic carbocycles. The molecule has 34 heavy (non-hydrogen) atoms. The van der Waals surface area contributed by atoms with Crippen molar-refractivity contribution in [3.8, 4) is 6.07 Å². The minimum atomic E-state index is -1.53. The third-order valence-electron chi connectivity index (χ3n) is 7.50. The number of aromatic nitrogens is 3. The number of hydrogen-bond donors (Lipinski definition) is 1. The van der Waals surface area contributed by atoms with Gasteiger partial charge in [-0.2, -0.15) is 10.4 Å². The Morgan fingerprint density at radius 2 is 2.00 bits per heavy atom. The van der Waals surface area contributed by atoms with Crippen molar-refractivity contribution in [3.63, 3.8) is 0 Å². The van der Waals surface area contributed by atoms with Crippen LogP contribution in [0.1, 0.15) is 58.3 Å². The zero-order chi connectivity index (χ0) is 23.9. The first-order valence-electron chi connectivity index (χ1n) is 11.6. The number of rotatable bonds is 3. The molecule has 2 saturated carbocycles. The highest BCUT2D eigenvalue weighted by molar-refractivity contribution is 5.66. The first kappa shape index (κ1) is 21.6. The molecule has 11 nitrogen and oxygen atoms in total. The topological polar surface area (TPSA) is 143 Å². The number of nitrogen functional groups attached to an aromatic ring is 1. The summed E-state index contributed by atoms with van der Waals surface area (Å²) in [4.78, 5) is 16.7. The molecule has 2 aromatic rings. The Hall–Kier alpha value is -2.94. The highest BCUT2D eigenvalue weighted by atomic mass is 16.8. The van der Waals surface area contributed by atoms with Crippen LogP contribution in [-0.4, -0.2) is 56.1 Å². The molecular formula is C23H27N5O6. The number of carbonyl (C=O) groups excluding carboxylic acids is 1. The molecule has 5 atom stereocenters. The standard InChI is InChI=1S/C23H27N5O6/c1-12-4-6-13(7-5-12)30-20(29)31-19-22(10-24)23(19)17(33-21(2,3)34-23)16(32-22)14-8-9-15-18(25)26-11-27-28(14)15/h8-9,11-13,16-17,19H,4-7H2,1-3H3,(H2,25,26,27)/t12-,13-,16-,17-,19?,22+,23+/m0/s1. The number of nitrogens with zero attached hydrogens (tertiary/aromatic N) is 4. The average Bonchev–Trinajstić information content (AvgIpc) is 3.16. The van der Waals surface area contributed by atoms with Crippen molar-refractivity contribution in [2.75, 3.05) is 5.73 Å². The summed E-state index contributed by atoms with van der Waals surface area (Å²) in [5, 5.41) is 14.5. The lowest BCUT2D eigenvalue weighted by molar-refractivity contribution is -0.182. The number of nitriles is 1. The summed E-state index contributed by atoms with van der Waals surface area (Å²) in [6.45, 7) is 5.70. The molecule has 1 spiro atoms. The van der Waals surface area contributed by atoms with Crippen LogP contribution in [0.4, 0.5) is 10.6 Å². The van der Waals surface area contributed by atoms with E-state index in [0.717, 1.165) is 25.7 Å². The monoisotopic (exact) mass is 469 g/mol. The molecular weight excluding hydrogens is 442 g/mol. The van der Waals surface area contributed by atoms with Crippen molar-refractivity contribution in [2.24, 2.45) is 5.92 Å². The number of carbonyl (C=O) groups is 1. The summed E-state index contributed by atoms with van der Waals surface area (Å²) < 4.78 is 31.5. The minimum absolute atomic E-state index is 0.184. The lowest BCUT2D eigenvalue weighted by atomic mass is 9.89. The highest BCUT2D eigenvalue weighted by Crippen LogP contribution is 2.71. The van der Waals surface area contributed by atoms with Gasteiger partial charge in [0, 0.05) is 0 Å². The van der Waals surface area contributed by atoms with Crippen LogP contribution < -0.4 is 5.73 Å². The first-order chi connectivity index (χ1) is 16.2. The van der Waals surface area contributed by atoms with Gasteiger partial charge in [-0.05, 0) is 57.6 Å². The Morgan fingerprint density at radius 3 is 2.74 bits per heavy atom. The maximum Gasteiger partial charge on any atom is 0.509 e. The number of fused-ring (bicyclic) bond motifs is 1. The summed E-state index contributed by atoms with van der Waals surface area (Å²) in [5.74, 6) is -0.0705. The molecule has 0 amide bonds. The second-order valence-electron chi connectivity index (χ2n) is 10.2. The van der Waals surface area contributed by atoms with Gasteiger partial charge >= 0.3 is 6.16 Å². The van der Waals surface area contributed by atoms with E-state index in [4.69, 9.17) is 29.4 Å². The van der Waals surface area contributed by atoms with Gasteiger partial charge in [0.25, 0.3) is 0 Å². The zero-order valence-corrected chi connectivity index (χ0v) is 19.3. The lowest BCUT2D eigenvalue weighted by Gasteiger charge is -2.26. The average molecular weight is 469 g/mol. The van der Waals surface area contributed by atoms with Gasteiger partial charge in [-0.1, -0.05) is 6.92 Å². The predicted octanol–water partition coefficient (Wildman–Crippen LogP) is 2.65. The maximum atomic E-state index is 12.7. The molecule has 4 aliphatic rings. The van der Waals surface area contributed by atoms with Crippen LogP contribution in [0.3, 0.4) is 0 Å². The number of hydrogen-bond acceptors (Lipinski definition) is 10. The van der Waals surface area contributed by atoms with Crippen molar-refractivity contribution in [3.05, 3.63) is 24.2 Å². The Kier molecular flexibility index (Phi) is 4.47. The molecule has 11 heteroatoms. The fraction of sp³-hybridized carbons (Fsp3) is 0.652. The fourth-order valence-corrected chi connectivity index (χ4v) is 5.84. The largest absolute Gasteiger partial charge is 0.509 e. The van der Waals surface area contributed by atoms with Gasteiger partial charge in [-0.3, -0.25) is 0 Å². The Labute approximate surface area is 196 Å². The predicted molar refractivity (Wildman–Crippen MR) is 115 cm³/mol. The summed E-state index contributed by atoms with van der Waals surface area (Å²) in [6.07, 6.45) is 1.57. The molecule has 2 aliphatic heterocycles. The van der Waals surface area contributed by atoms with E-state index in [0.29, 0.717) is 22.9 Å². The molecule has 2 N–H and O–H groups in total. The SMILES string of the molecule is CC1(C)O[C@H]2[C@H](c3ccc4c(N)ncnn34)O[C@]3(C#N)C(OC(=O)O[C@H]4CC[C@H](C)CC4)[C@]23O1. The van der Waals surface area contributed by atoms with Gasteiger partial charge in [-0.15, -0.1) is 0 Å². The number of anilines is 1. The fourth-order valence-electron chi connectivity index (χ4n) is 5.84. The van der Waals surface area contributed by atoms with E-state index in [1.807, 2.05) is 0 Å². The number of nitrogens with two attached hydrogens (primary N) is 1. The molecule has 6 rings (SSSR count). The zero-order valence-electron chi connectivity index (χ0n) is 19.3. The third-order valence-corrected chi connectivity index (χ3v) is 7.50. The summed E-state index contributed by atoms with van der Waals surface area (Å²) in [6, 6.07) is 5.79. The molecule has 4 heterocycles. The molecule has 2 aliphatic carbocycles. The molecule has 0 bridgehead atoms. The maximum absolute atomic E-state index is 12.7. The Bertz CT molecular complexity index is 1200. The van der Waals surface area contributed by atoms with Gasteiger partial charge in [0.15, 0.2) is 23.3 Å². The van der Waals surface area contributed by atoms with Gasteiger partial charge in [0.2, 0.25) is 5.60 Å². The van der Waals surface area contributed by atoms with Crippen LogP contribution in [0.2, 0.25) is 0 Å². The van der Waals surface area contributed by atoms with Crippen molar-refractivity contribution in [1.29, 1.82) is 5.26 Å². The third kappa shape index (κ3) is 2.82. The van der Waals surface area contributed by atoms with Crippen molar-refractivity contribution in [1.82, 2.24) is 14.6 Å². The summed E-state index contributed by atoms with van der Waals surface area (Å²) >= 11 is 0. The molecule has 180 valence electrons. The van der Waals surface area contributed by atoms with Crippen LogP contribution in [0.15, 0.2) is 18.5 Å². The van der Waals surface area contributed by atoms with Crippen LogP contribution >= 0.6 is 0 Å². The van der Waals surface area contributed by atoms with Crippen LogP contribution in [0.5, 0.6) is 0 Å². The number of ether oxygens (including phenoxy) is 5. The van der Waals surface area contributed by atoms with Crippen molar-refractivity contribution >= 4 is 17.5 Å². The minimum Gasteiger partial charge on any atom is -0.431 e. The van der Waals surface area contributed by atoms with Gasteiger partial charge in [-0.25, -0.2) is 14.3 Å². The summed E-state index contributed by atoms with van der Waals surface area (Å²) in [7, 11) is 0. The smallest absolute Gasteiger partial charge is 0.431 e. The summed E-state index contributed by atoms with van der Waals surface area (Å²) in [5.41, 5.74) is 4.41. The van der Waals surface area contributed by atoms with E-state index in [1.54, 1.807) is 30.5 Å². The second kappa shape index (κ2) is 7.04. The van der Waals surface area contributed by atoms with Crippen LogP contribution in [0.25, 0.3) is 5.52 Å². The highest BCUT2D eigenvalue weighted by Gasteiger charge is 2.96. The molecule has 2 saturated heterocycles. The normalized spacial score (nSPS) is 39.8. The van der Waals surface area contributed by atoms with Crippen molar-refractivity contribution < 1.29 is 28.5 Å². The van der Waals surface area contributed by atoms with Crippen LogP contribution in [-0.2, 0) is 23.7 Å².